The van der Waals surface area contributed by atoms with Gasteiger partial charge in [-0.05, 0) is 44.7 Å². The molecule has 0 amide bonds. The van der Waals surface area contributed by atoms with E-state index in [0.717, 1.165) is 17.9 Å². The third-order valence-electron chi connectivity index (χ3n) is 3.62. The molecule has 6 heteroatoms. The van der Waals surface area contributed by atoms with Crippen LogP contribution in [0.15, 0.2) is 45.4 Å². The van der Waals surface area contributed by atoms with Crippen LogP contribution in [-0.4, -0.2) is 28.8 Å². The average Bonchev–Trinajstić information content (AvgIpc) is 3.18. The second kappa shape index (κ2) is 7.31. The van der Waals surface area contributed by atoms with Gasteiger partial charge in [0, 0.05) is 12.1 Å². The number of benzene rings is 1. The zero-order valence-corrected chi connectivity index (χ0v) is 14.2. The molecule has 0 spiro atoms. The zero-order valence-electron chi connectivity index (χ0n) is 14.2. The molecule has 0 atom stereocenters. The van der Waals surface area contributed by atoms with Crippen LogP contribution in [0.5, 0.6) is 5.75 Å². The molecule has 0 unspecified atom stereocenters. The lowest BCUT2D eigenvalue weighted by atomic mass is 10.2. The second-order valence-electron chi connectivity index (χ2n) is 5.68. The Morgan fingerprint density at radius 1 is 1.08 bits per heavy atom. The van der Waals surface area contributed by atoms with E-state index in [-0.39, 0.29) is 0 Å². The van der Waals surface area contributed by atoms with E-state index in [4.69, 9.17) is 13.6 Å². The molecule has 0 fully saturated rings. The van der Waals surface area contributed by atoms with Crippen LogP contribution < -0.4 is 4.74 Å². The van der Waals surface area contributed by atoms with E-state index >= 15 is 0 Å². The number of rotatable bonds is 7. The molecule has 0 saturated heterocycles. The molecule has 0 aliphatic carbocycles. The molecular formula is C18H21N3O3. The molecule has 2 aromatic heterocycles. The first-order valence-electron chi connectivity index (χ1n) is 7.93. The maximum absolute atomic E-state index is 5.69. The van der Waals surface area contributed by atoms with Crippen molar-refractivity contribution in [1.29, 1.82) is 0 Å². The van der Waals surface area contributed by atoms with Gasteiger partial charge in [-0.2, -0.15) is 0 Å². The Labute approximate surface area is 141 Å². The highest BCUT2D eigenvalue weighted by molar-refractivity contribution is 5.49. The summed E-state index contributed by atoms with van der Waals surface area (Å²) in [5.41, 5.74) is 2.18. The molecule has 0 radical (unpaired) electrons. The molecular weight excluding hydrogens is 306 g/mol. The molecule has 0 bridgehead atoms. The van der Waals surface area contributed by atoms with Crippen molar-refractivity contribution in [2.45, 2.75) is 26.9 Å². The van der Waals surface area contributed by atoms with E-state index in [1.54, 1.807) is 6.26 Å². The molecule has 0 N–H and O–H groups in total. The lowest BCUT2D eigenvalue weighted by Gasteiger charge is -2.14. The molecule has 24 heavy (non-hydrogen) atoms. The summed E-state index contributed by atoms with van der Waals surface area (Å²) >= 11 is 0. The van der Waals surface area contributed by atoms with Gasteiger partial charge in [0.15, 0.2) is 5.76 Å². The standard InChI is InChI=1S/C18H21N3O3/c1-4-22-15-7-5-14(6-8-15)11-21(3)12-16-19-20-18(24-16)17-13(2)9-10-23-17/h5-10H,4,11-12H2,1-3H3. The highest BCUT2D eigenvalue weighted by Gasteiger charge is 2.15. The lowest BCUT2D eigenvalue weighted by molar-refractivity contribution is 0.281. The Bertz CT molecular complexity index is 777. The van der Waals surface area contributed by atoms with E-state index in [0.29, 0.717) is 30.7 Å². The highest BCUT2D eigenvalue weighted by atomic mass is 16.5. The summed E-state index contributed by atoms with van der Waals surface area (Å²) in [4.78, 5) is 2.11. The number of nitrogens with zero attached hydrogens (tertiary/aromatic N) is 3. The Morgan fingerprint density at radius 3 is 2.54 bits per heavy atom. The van der Waals surface area contributed by atoms with Crippen molar-refractivity contribution < 1.29 is 13.6 Å². The predicted molar refractivity (Wildman–Crippen MR) is 89.5 cm³/mol. The van der Waals surface area contributed by atoms with E-state index in [2.05, 4.69) is 27.2 Å². The number of furan rings is 1. The molecule has 3 aromatic rings. The molecule has 0 aliphatic heterocycles. The Morgan fingerprint density at radius 2 is 1.88 bits per heavy atom. The molecule has 126 valence electrons. The molecule has 3 rings (SSSR count). The second-order valence-corrected chi connectivity index (χ2v) is 5.68. The molecule has 2 heterocycles. The van der Waals surface area contributed by atoms with Gasteiger partial charge in [-0.15, -0.1) is 10.2 Å². The van der Waals surface area contributed by atoms with Crippen LogP contribution in [0.3, 0.4) is 0 Å². The Kier molecular flexibility index (Phi) is 4.96. The van der Waals surface area contributed by atoms with Crippen LogP contribution in [0.2, 0.25) is 0 Å². The van der Waals surface area contributed by atoms with Crippen molar-refractivity contribution in [1.82, 2.24) is 15.1 Å². The predicted octanol–water partition coefficient (Wildman–Crippen LogP) is 3.67. The topological polar surface area (TPSA) is 64.5 Å². The van der Waals surface area contributed by atoms with E-state index in [1.807, 2.05) is 39.1 Å². The minimum absolute atomic E-state index is 0.418. The van der Waals surface area contributed by atoms with Gasteiger partial charge in [-0.1, -0.05) is 12.1 Å². The quantitative estimate of drug-likeness (QED) is 0.660. The third-order valence-corrected chi connectivity index (χ3v) is 3.62. The molecule has 0 saturated carbocycles. The van der Waals surface area contributed by atoms with E-state index in [1.165, 1.54) is 5.56 Å². The average molecular weight is 327 g/mol. The van der Waals surface area contributed by atoms with E-state index < -0.39 is 0 Å². The van der Waals surface area contributed by atoms with Gasteiger partial charge in [0.1, 0.15) is 5.75 Å². The minimum atomic E-state index is 0.418. The highest BCUT2D eigenvalue weighted by Crippen LogP contribution is 2.23. The summed E-state index contributed by atoms with van der Waals surface area (Å²) in [6.45, 7) is 5.95. The van der Waals surface area contributed by atoms with Crippen molar-refractivity contribution >= 4 is 0 Å². The summed E-state index contributed by atoms with van der Waals surface area (Å²) < 4.78 is 16.5. The van der Waals surface area contributed by atoms with Crippen LogP contribution in [0.4, 0.5) is 0 Å². The Hall–Kier alpha value is -2.60. The molecule has 1 aromatic carbocycles. The molecule has 0 aliphatic rings. The monoisotopic (exact) mass is 327 g/mol. The fourth-order valence-corrected chi connectivity index (χ4v) is 2.46. The largest absolute Gasteiger partial charge is 0.494 e. The van der Waals surface area contributed by atoms with Crippen LogP contribution in [-0.2, 0) is 13.1 Å². The van der Waals surface area contributed by atoms with Gasteiger partial charge in [0.25, 0.3) is 5.89 Å². The van der Waals surface area contributed by atoms with Gasteiger partial charge >= 0.3 is 0 Å². The van der Waals surface area contributed by atoms with Gasteiger partial charge in [0.2, 0.25) is 5.89 Å². The van der Waals surface area contributed by atoms with Crippen LogP contribution in [0, 0.1) is 6.92 Å². The van der Waals surface area contributed by atoms with Crippen molar-refractivity contribution in [3.05, 3.63) is 53.6 Å². The first-order valence-corrected chi connectivity index (χ1v) is 7.93. The van der Waals surface area contributed by atoms with Crippen LogP contribution in [0.1, 0.15) is 23.9 Å². The Balaban J connectivity index is 1.60. The zero-order chi connectivity index (χ0) is 16.9. The minimum Gasteiger partial charge on any atom is -0.494 e. The molecule has 6 nitrogen and oxygen atoms in total. The fraction of sp³-hybridized carbons (Fsp3) is 0.333. The van der Waals surface area contributed by atoms with Crippen molar-refractivity contribution in [3.8, 4) is 17.4 Å². The van der Waals surface area contributed by atoms with Gasteiger partial charge in [-0.3, -0.25) is 4.90 Å². The van der Waals surface area contributed by atoms with E-state index in [9.17, 15) is 0 Å². The van der Waals surface area contributed by atoms with Crippen LogP contribution in [0.25, 0.3) is 11.7 Å². The van der Waals surface area contributed by atoms with Gasteiger partial charge in [-0.25, -0.2) is 0 Å². The number of hydrogen-bond acceptors (Lipinski definition) is 6. The number of aromatic nitrogens is 2. The summed E-state index contributed by atoms with van der Waals surface area (Å²) in [7, 11) is 2.01. The summed E-state index contributed by atoms with van der Waals surface area (Å²) in [6.07, 6.45) is 1.62. The third kappa shape index (κ3) is 3.83. The van der Waals surface area contributed by atoms with Gasteiger partial charge < -0.3 is 13.6 Å². The number of hydrogen-bond donors (Lipinski definition) is 0. The van der Waals surface area contributed by atoms with Gasteiger partial charge in [0.05, 0.1) is 19.4 Å². The first-order chi connectivity index (χ1) is 11.7. The normalized spacial score (nSPS) is 11.2. The van der Waals surface area contributed by atoms with Crippen molar-refractivity contribution in [3.63, 3.8) is 0 Å². The fourth-order valence-electron chi connectivity index (χ4n) is 2.46. The smallest absolute Gasteiger partial charge is 0.283 e. The maximum Gasteiger partial charge on any atom is 0.283 e. The summed E-state index contributed by atoms with van der Waals surface area (Å²) in [5.74, 6) is 2.50. The number of ether oxygens (including phenoxy) is 1. The number of aryl methyl sites for hydroxylation is 1. The van der Waals surface area contributed by atoms with Crippen LogP contribution >= 0.6 is 0 Å². The van der Waals surface area contributed by atoms with Crippen molar-refractivity contribution in [2.75, 3.05) is 13.7 Å². The summed E-state index contributed by atoms with van der Waals surface area (Å²) in [5, 5.41) is 8.15. The summed E-state index contributed by atoms with van der Waals surface area (Å²) in [6, 6.07) is 9.96. The van der Waals surface area contributed by atoms with Crippen molar-refractivity contribution in [2.24, 2.45) is 0 Å². The lowest BCUT2D eigenvalue weighted by Crippen LogP contribution is -2.17. The maximum atomic E-state index is 5.69. The first kappa shape index (κ1) is 16.3. The SMILES string of the molecule is CCOc1ccc(CN(C)Cc2nnc(-c3occc3C)o2)cc1.